The van der Waals surface area contributed by atoms with Crippen LogP contribution in [0.5, 0.6) is 0 Å². The molecular weight excluding hydrogens is 250 g/mol. The van der Waals surface area contributed by atoms with E-state index in [1.54, 1.807) is 19.2 Å². The van der Waals surface area contributed by atoms with E-state index in [1.165, 1.54) is 5.56 Å². The van der Waals surface area contributed by atoms with Crippen molar-refractivity contribution in [2.75, 3.05) is 24.7 Å². The Balaban J connectivity index is 2.39. The number of para-hydroxylation sites is 1. The Morgan fingerprint density at radius 3 is 2.45 bits per heavy atom. The van der Waals surface area contributed by atoms with Crippen LogP contribution in [-0.4, -0.2) is 20.0 Å². The maximum atomic E-state index is 11.6. The molecule has 0 aliphatic heterocycles. The van der Waals surface area contributed by atoms with Gasteiger partial charge in [-0.25, -0.2) is 0 Å². The molecule has 2 aromatic carbocycles. The SMILES string of the molecule is CNC(=O)c1ccc(N(C)c2ccccc2C)c(N)c1. The van der Waals surface area contributed by atoms with E-state index >= 15 is 0 Å². The lowest BCUT2D eigenvalue weighted by atomic mass is 10.1. The Kier molecular flexibility index (Phi) is 3.94. The van der Waals surface area contributed by atoms with Gasteiger partial charge < -0.3 is 16.0 Å². The van der Waals surface area contributed by atoms with Crippen LogP contribution in [0.1, 0.15) is 15.9 Å². The molecule has 0 saturated carbocycles. The highest BCUT2D eigenvalue weighted by Gasteiger charge is 2.12. The van der Waals surface area contributed by atoms with Gasteiger partial charge in [0.05, 0.1) is 11.4 Å². The van der Waals surface area contributed by atoms with Crippen LogP contribution in [0.2, 0.25) is 0 Å². The molecule has 0 bridgehead atoms. The standard InChI is InChI=1S/C16H19N3O/c1-11-6-4-5-7-14(11)19(3)15-9-8-12(10-13(15)17)16(20)18-2/h4-10H,17H2,1-3H3,(H,18,20). The van der Waals surface area contributed by atoms with Crippen LogP contribution >= 0.6 is 0 Å². The van der Waals surface area contributed by atoms with Gasteiger partial charge in [0.2, 0.25) is 0 Å². The molecule has 0 aromatic heterocycles. The average molecular weight is 269 g/mol. The van der Waals surface area contributed by atoms with Crippen molar-refractivity contribution in [2.24, 2.45) is 0 Å². The molecule has 4 heteroatoms. The van der Waals surface area contributed by atoms with Gasteiger partial charge in [-0.1, -0.05) is 18.2 Å². The first kappa shape index (κ1) is 13.9. The van der Waals surface area contributed by atoms with Crippen molar-refractivity contribution >= 4 is 23.0 Å². The third-order valence-electron chi connectivity index (χ3n) is 3.35. The summed E-state index contributed by atoms with van der Waals surface area (Å²) in [6.07, 6.45) is 0. The summed E-state index contributed by atoms with van der Waals surface area (Å²) in [5.74, 6) is -0.137. The van der Waals surface area contributed by atoms with Gasteiger partial charge >= 0.3 is 0 Å². The third kappa shape index (κ3) is 2.59. The number of nitrogens with one attached hydrogen (secondary N) is 1. The second-order valence-corrected chi connectivity index (χ2v) is 4.70. The van der Waals surface area contributed by atoms with Gasteiger partial charge in [0.1, 0.15) is 0 Å². The van der Waals surface area contributed by atoms with E-state index in [1.807, 2.05) is 36.2 Å². The highest BCUT2D eigenvalue weighted by Crippen LogP contribution is 2.31. The fourth-order valence-electron chi connectivity index (χ4n) is 2.22. The second-order valence-electron chi connectivity index (χ2n) is 4.70. The van der Waals surface area contributed by atoms with E-state index in [0.717, 1.165) is 11.4 Å². The first-order chi connectivity index (χ1) is 9.54. The molecule has 1 amide bonds. The Hall–Kier alpha value is -2.49. The smallest absolute Gasteiger partial charge is 0.251 e. The van der Waals surface area contributed by atoms with E-state index in [0.29, 0.717) is 11.3 Å². The first-order valence-corrected chi connectivity index (χ1v) is 6.45. The minimum Gasteiger partial charge on any atom is -0.397 e. The van der Waals surface area contributed by atoms with Crippen LogP contribution in [0.4, 0.5) is 17.1 Å². The van der Waals surface area contributed by atoms with Crippen LogP contribution < -0.4 is 16.0 Å². The summed E-state index contributed by atoms with van der Waals surface area (Å²) in [6, 6.07) is 13.4. The zero-order valence-electron chi connectivity index (χ0n) is 12.0. The van der Waals surface area contributed by atoms with Gasteiger partial charge in [0, 0.05) is 25.3 Å². The summed E-state index contributed by atoms with van der Waals surface area (Å²) in [7, 11) is 3.57. The van der Waals surface area contributed by atoms with Crippen LogP contribution in [0.3, 0.4) is 0 Å². The van der Waals surface area contributed by atoms with Crippen molar-refractivity contribution in [1.29, 1.82) is 0 Å². The molecule has 0 atom stereocenters. The summed E-state index contributed by atoms with van der Waals surface area (Å²) >= 11 is 0. The van der Waals surface area contributed by atoms with Crippen molar-refractivity contribution in [1.82, 2.24) is 5.32 Å². The van der Waals surface area contributed by atoms with Crippen molar-refractivity contribution < 1.29 is 4.79 Å². The molecule has 0 aliphatic carbocycles. The molecule has 0 unspecified atom stereocenters. The number of nitrogens with zero attached hydrogens (tertiary/aromatic N) is 1. The Morgan fingerprint density at radius 2 is 1.85 bits per heavy atom. The third-order valence-corrected chi connectivity index (χ3v) is 3.35. The minimum atomic E-state index is -0.137. The van der Waals surface area contributed by atoms with Gasteiger partial charge in [-0.3, -0.25) is 4.79 Å². The maximum Gasteiger partial charge on any atom is 0.251 e. The summed E-state index contributed by atoms with van der Waals surface area (Å²) in [6.45, 7) is 2.06. The lowest BCUT2D eigenvalue weighted by Gasteiger charge is -2.23. The molecule has 3 N–H and O–H groups in total. The van der Waals surface area contributed by atoms with E-state index < -0.39 is 0 Å². The van der Waals surface area contributed by atoms with Crippen molar-refractivity contribution in [2.45, 2.75) is 6.92 Å². The molecule has 0 fully saturated rings. The highest BCUT2D eigenvalue weighted by atomic mass is 16.1. The molecule has 0 saturated heterocycles. The molecular formula is C16H19N3O. The molecule has 104 valence electrons. The maximum absolute atomic E-state index is 11.6. The van der Waals surface area contributed by atoms with Crippen molar-refractivity contribution in [3.05, 3.63) is 53.6 Å². The van der Waals surface area contributed by atoms with E-state index in [9.17, 15) is 4.79 Å². The second kappa shape index (κ2) is 5.65. The number of carbonyl (C=O) groups excluding carboxylic acids is 1. The van der Waals surface area contributed by atoms with E-state index in [-0.39, 0.29) is 5.91 Å². The Morgan fingerprint density at radius 1 is 1.15 bits per heavy atom. The molecule has 0 radical (unpaired) electrons. The number of amides is 1. The summed E-state index contributed by atoms with van der Waals surface area (Å²) in [5, 5.41) is 2.59. The fourth-order valence-corrected chi connectivity index (χ4v) is 2.22. The summed E-state index contributed by atoms with van der Waals surface area (Å²) in [5.41, 5.74) is 10.4. The highest BCUT2D eigenvalue weighted by molar-refractivity contribution is 5.96. The predicted molar refractivity (Wildman–Crippen MR) is 83.5 cm³/mol. The van der Waals surface area contributed by atoms with Crippen LogP contribution in [0, 0.1) is 6.92 Å². The number of carbonyl (C=O) groups is 1. The number of rotatable bonds is 3. The molecule has 4 nitrogen and oxygen atoms in total. The first-order valence-electron chi connectivity index (χ1n) is 6.45. The number of benzene rings is 2. The van der Waals surface area contributed by atoms with Crippen molar-refractivity contribution in [3.8, 4) is 0 Å². The Labute approximate surface area is 119 Å². The van der Waals surface area contributed by atoms with Crippen LogP contribution in [0.15, 0.2) is 42.5 Å². The number of aryl methyl sites for hydroxylation is 1. The zero-order valence-corrected chi connectivity index (χ0v) is 12.0. The number of anilines is 3. The molecule has 0 aliphatic rings. The molecule has 2 rings (SSSR count). The summed E-state index contributed by atoms with van der Waals surface area (Å²) < 4.78 is 0. The van der Waals surface area contributed by atoms with Crippen LogP contribution in [0.25, 0.3) is 0 Å². The van der Waals surface area contributed by atoms with Crippen molar-refractivity contribution in [3.63, 3.8) is 0 Å². The molecule has 0 heterocycles. The van der Waals surface area contributed by atoms with Gasteiger partial charge in [0.15, 0.2) is 0 Å². The van der Waals surface area contributed by atoms with Crippen LogP contribution in [-0.2, 0) is 0 Å². The van der Waals surface area contributed by atoms with Gasteiger partial charge in [-0.05, 0) is 36.8 Å². The normalized spacial score (nSPS) is 10.2. The number of hydrogen-bond acceptors (Lipinski definition) is 3. The van der Waals surface area contributed by atoms with Gasteiger partial charge in [0.25, 0.3) is 5.91 Å². The van der Waals surface area contributed by atoms with Gasteiger partial charge in [-0.2, -0.15) is 0 Å². The Bertz CT molecular complexity index is 637. The summed E-state index contributed by atoms with van der Waals surface area (Å²) in [4.78, 5) is 13.6. The lowest BCUT2D eigenvalue weighted by molar-refractivity contribution is 0.0963. The predicted octanol–water partition coefficient (Wildman–Crippen LogP) is 2.70. The lowest BCUT2D eigenvalue weighted by Crippen LogP contribution is -2.19. The molecule has 2 aromatic rings. The zero-order chi connectivity index (χ0) is 14.7. The number of nitrogen functional groups attached to an aromatic ring is 1. The van der Waals surface area contributed by atoms with Gasteiger partial charge in [-0.15, -0.1) is 0 Å². The fraction of sp³-hybridized carbons (Fsp3) is 0.188. The molecule has 0 spiro atoms. The monoisotopic (exact) mass is 269 g/mol. The minimum absolute atomic E-state index is 0.137. The van der Waals surface area contributed by atoms with E-state index in [2.05, 4.69) is 18.3 Å². The van der Waals surface area contributed by atoms with E-state index in [4.69, 9.17) is 5.73 Å². The average Bonchev–Trinajstić information content (AvgIpc) is 2.46. The molecule has 20 heavy (non-hydrogen) atoms. The largest absolute Gasteiger partial charge is 0.397 e. The quantitative estimate of drug-likeness (QED) is 0.842. The number of hydrogen-bond donors (Lipinski definition) is 2. The topological polar surface area (TPSA) is 58.4 Å². The number of nitrogens with two attached hydrogens (primary N) is 1.